The Hall–Kier alpha value is -3.51. The lowest BCUT2D eigenvalue weighted by Crippen LogP contribution is -2.29. The molecule has 0 spiro atoms. The maximum absolute atomic E-state index is 13.6. The lowest BCUT2D eigenvalue weighted by atomic mass is 9.96. The van der Waals surface area contributed by atoms with E-state index in [0.717, 1.165) is 34.0 Å². The normalized spacial score (nSPS) is 17.8. The maximum Gasteiger partial charge on any atom is 0.174 e. The van der Waals surface area contributed by atoms with Crippen LogP contribution in [0, 0.1) is 33.5 Å². The fraction of sp³-hybridized carbons (Fsp3) is 0.214. The molecule has 0 aliphatic carbocycles. The van der Waals surface area contributed by atoms with Gasteiger partial charge in [-0.1, -0.05) is 12.1 Å². The van der Waals surface area contributed by atoms with Gasteiger partial charge in [0.2, 0.25) is 0 Å². The maximum atomic E-state index is 13.6. The summed E-state index contributed by atoms with van der Waals surface area (Å²) < 4.78 is 15.8. The van der Waals surface area contributed by atoms with Crippen LogP contribution in [0.3, 0.4) is 0 Å². The number of hydrogen-bond acceptors (Lipinski definition) is 2. The average molecular weight is 471 g/mol. The van der Waals surface area contributed by atoms with Gasteiger partial charge in [0.05, 0.1) is 17.8 Å². The molecule has 5 rings (SSSR count). The Morgan fingerprint density at radius 1 is 0.882 bits per heavy atom. The number of benzene rings is 2. The summed E-state index contributed by atoms with van der Waals surface area (Å²) in [5.41, 5.74) is 8.72. The van der Waals surface area contributed by atoms with Crippen LogP contribution in [0.2, 0.25) is 0 Å². The molecule has 1 fully saturated rings. The number of pyridine rings is 1. The lowest BCUT2D eigenvalue weighted by Gasteiger charge is -2.28. The number of nitrogens with one attached hydrogen (secondary N) is 1. The van der Waals surface area contributed by atoms with E-state index in [1.54, 1.807) is 0 Å². The Labute approximate surface area is 205 Å². The highest BCUT2D eigenvalue weighted by atomic mass is 32.1. The molecule has 6 heteroatoms. The standard InChI is InChI=1S/C28H27FN4S/c1-17-8-11-23(15-18(17)2)33-27(26(31-28(33)34)25-7-5-6-14-30-25)24-16-19(3)32(20(24)4)22-12-9-21(29)10-13-22/h5-16,26-27H,1-4H3,(H,31,34)/t26-,27+/m1/s1. The van der Waals surface area contributed by atoms with Gasteiger partial charge in [0, 0.05) is 29.0 Å². The second kappa shape index (κ2) is 8.69. The zero-order valence-electron chi connectivity index (χ0n) is 19.7. The first-order valence-corrected chi connectivity index (χ1v) is 11.8. The lowest BCUT2D eigenvalue weighted by molar-refractivity contribution is 0.565. The van der Waals surface area contributed by atoms with Crippen molar-refractivity contribution < 1.29 is 4.39 Å². The van der Waals surface area contributed by atoms with Gasteiger partial charge >= 0.3 is 0 Å². The van der Waals surface area contributed by atoms with Crippen molar-refractivity contribution in [3.05, 3.63) is 113 Å². The fourth-order valence-electron chi connectivity index (χ4n) is 4.90. The van der Waals surface area contributed by atoms with Gasteiger partial charge < -0.3 is 14.8 Å². The highest BCUT2D eigenvalue weighted by Gasteiger charge is 2.42. The number of nitrogens with zero attached hydrogens (tertiary/aromatic N) is 3. The molecule has 0 amide bonds. The van der Waals surface area contributed by atoms with Crippen LogP contribution in [0.15, 0.2) is 72.9 Å². The van der Waals surface area contributed by atoms with Crippen LogP contribution in [-0.4, -0.2) is 14.7 Å². The number of aryl methyl sites for hydroxylation is 3. The smallest absolute Gasteiger partial charge is 0.174 e. The molecule has 2 atom stereocenters. The molecule has 4 aromatic rings. The first kappa shape index (κ1) is 22.3. The second-order valence-corrected chi connectivity index (χ2v) is 9.29. The van der Waals surface area contributed by atoms with Gasteiger partial charge in [-0.05, 0) is 111 Å². The predicted octanol–water partition coefficient (Wildman–Crippen LogP) is 6.42. The molecular formula is C28H27FN4S. The Morgan fingerprint density at radius 3 is 2.29 bits per heavy atom. The molecule has 2 aromatic carbocycles. The van der Waals surface area contributed by atoms with Crippen molar-refractivity contribution in [2.75, 3.05) is 4.90 Å². The molecule has 1 N–H and O–H groups in total. The average Bonchev–Trinajstić information content (AvgIpc) is 3.32. The molecule has 3 heterocycles. The first-order valence-electron chi connectivity index (χ1n) is 11.4. The van der Waals surface area contributed by atoms with E-state index in [-0.39, 0.29) is 17.9 Å². The topological polar surface area (TPSA) is 33.1 Å². The van der Waals surface area contributed by atoms with E-state index in [1.807, 2.05) is 36.5 Å². The van der Waals surface area contributed by atoms with Crippen LogP contribution in [0.1, 0.15) is 45.9 Å². The number of aromatic nitrogens is 2. The van der Waals surface area contributed by atoms with Crippen molar-refractivity contribution in [3.8, 4) is 5.69 Å². The van der Waals surface area contributed by atoms with Crippen molar-refractivity contribution in [1.29, 1.82) is 0 Å². The van der Waals surface area contributed by atoms with E-state index in [0.29, 0.717) is 5.11 Å². The zero-order valence-corrected chi connectivity index (χ0v) is 20.5. The van der Waals surface area contributed by atoms with E-state index in [4.69, 9.17) is 12.2 Å². The van der Waals surface area contributed by atoms with Gasteiger partial charge in [0.1, 0.15) is 5.82 Å². The van der Waals surface area contributed by atoms with E-state index < -0.39 is 0 Å². The molecular weight excluding hydrogens is 443 g/mol. The van der Waals surface area contributed by atoms with Crippen molar-refractivity contribution >= 4 is 23.0 Å². The SMILES string of the molecule is Cc1ccc(N2C(=S)N[C@H](c3ccccn3)[C@@H]2c2cc(C)n(-c3ccc(F)cc3)c2C)cc1C. The summed E-state index contributed by atoms with van der Waals surface area (Å²) in [6.07, 6.45) is 1.82. The molecule has 0 bridgehead atoms. The predicted molar refractivity (Wildman–Crippen MR) is 139 cm³/mol. The molecule has 1 aliphatic heterocycles. The minimum absolute atomic E-state index is 0.0927. The number of anilines is 1. The van der Waals surface area contributed by atoms with Crippen molar-refractivity contribution in [1.82, 2.24) is 14.9 Å². The Morgan fingerprint density at radius 2 is 1.62 bits per heavy atom. The fourth-order valence-corrected chi connectivity index (χ4v) is 5.24. The summed E-state index contributed by atoms with van der Waals surface area (Å²) in [6.45, 7) is 8.43. The highest BCUT2D eigenvalue weighted by molar-refractivity contribution is 7.80. The molecule has 172 valence electrons. The largest absolute Gasteiger partial charge is 0.351 e. The van der Waals surface area contributed by atoms with Gasteiger partial charge in [-0.3, -0.25) is 4.98 Å². The van der Waals surface area contributed by atoms with E-state index in [2.05, 4.69) is 71.7 Å². The van der Waals surface area contributed by atoms with Gasteiger partial charge in [-0.2, -0.15) is 0 Å². The molecule has 0 radical (unpaired) electrons. The Bertz CT molecular complexity index is 1360. The molecule has 0 saturated carbocycles. The minimum atomic E-state index is -0.243. The molecule has 4 nitrogen and oxygen atoms in total. The van der Waals surface area contributed by atoms with Crippen LogP contribution < -0.4 is 10.2 Å². The summed E-state index contributed by atoms with van der Waals surface area (Å²) in [7, 11) is 0. The van der Waals surface area contributed by atoms with Gasteiger partial charge in [-0.25, -0.2) is 4.39 Å². The van der Waals surface area contributed by atoms with Gasteiger partial charge in [-0.15, -0.1) is 0 Å². The van der Waals surface area contributed by atoms with Crippen LogP contribution in [-0.2, 0) is 0 Å². The third-order valence-corrected chi connectivity index (χ3v) is 7.06. The van der Waals surface area contributed by atoms with Crippen LogP contribution in [0.4, 0.5) is 10.1 Å². The highest BCUT2D eigenvalue weighted by Crippen LogP contribution is 2.44. The molecule has 34 heavy (non-hydrogen) atoms. The summed E-state index contributed by atoms with van der Waals surface area (Å²) >= 11 is 5.88. The Balaban J connectivity index is 1.68. The summed E-state index contributed by atoms with van der Waals surface area (Å²) in [4.78, 5) is 6.87. The third-order valence-electron chi connectivity index (χ3n) is 6.74. The van der Waals surface area contributed by atoms with Gasteiger partial charge in [0.25, 0.3) is 0 Å². The number of halogens is 1. The van der Waals surface area contributed by atoms with Crippen LogP contribution in [0.5, 0.6) is 0 Å². The van der Waals surface area contributed by atoms with E-state index in [9.17, 15) is 4.39 Å². The van der Waals surface area contributed by atoms with Crippen molar-refractivity contribution in [2.45, 2.75) is 39.8 Å². The monoisotopic (exact) mass is 470 g/mol. The van der Waals surface area contributed by atoms with Crippen LogP contribution >= 0.6 is 12.2 Å². The van der Waals surface area contributed by atoms with Crippen molar-refractivity contribution in [3.63, 3.8) is 0 Å². The van der Waals surface area contributed by atoms with E-state index >= 15 is 0 Å². The number of hydrogen-bond donors (Lipinski definition) is 1. The molecule has 0 unspecified atom stereocenters. The Kier molecular flexibility index (Phi) is 5.70. The molecule has 1 aliphatic rings. The summed E-state index contributed by atoms with van der Waals surface area (Å²) in [5.74, 6) is -0.243. The number of rotatable bonds is 4. The van der Waals surface area contributed by atoms with E-state index in [1.165, 1.54) is 23.3 Å². The first-order chi connectivity index (χ1) is 16.3. The van der Waals surface area contributed by atoms with Gasteiger partial charge in [0.15, 0.2) is 5.11 Å². The quantitative estimate of drug-likeness (QED) is 0.349. The zero-order chi connectivity index (χ0) is 24.0. The summed E-state index contributed by atoms with van der Waals surface area (Å²) in [6, 6.07) is 21.1. The summed E-state index contributed by atoms with van der Waals surface area (Å²) in [5, 5.41) is 4.22. The second-order valence-electron chi connectivity index (χ2n) is 8.90. The molecule has 2 aromatic heterocycles. The molecule has 1 saturated heterocycles. The third kappa shape index (κ3) is 3.78. The van der Waals surface area contributed by atoms with Crippen LogP contribution in [0.25, 0.3) is 5.69 Å². The number of thiocarbonyl (C=S) groups is 1. The van der Waals surface area contributed by atoms with Crippen molar-refractivity contribution in [2.24, 2.45) is 0 Å². The minimum Gasteiger partial charge on any atom is -0.351 e.